The highest BCUT2D eigenvalue weighted by atomic mass is 16.3. The van der Waals surface area contributed by atoms with E-state index in [4.69, 9.17) is 0 Å². The molecule has 154 valence electrons. The Bertz CT molecular complexity index is 851. The summed E-state index contributed by atoms with van der Waals surface area (Å²) in [5.74, 6) is 0.706. The van der Waals surface area contributed by atoms with Crippen LogP contribution >= 0.6 is 0 Å². The fourth-order valence-corrected chi connectivity index (χ4v) is 4.61. The number of aliphatic hydroxyl groups is 1. The van der Waals surface area contributed by atoms with Gasteiger partial charge in [-0.15, -0.1) is 0 Å². The number of aromatic nitrogens is 1. The van der Waals surface area contributed by atoms with E-state index in [1.165, 1.54) is 12.8 Å². The highest BCUT2D eigenvalue weighted by Gasteiger charge is 2.46. The van der Waals surface area contributed by atoms with E-state index in [9.17, 15) is 9.90 Å². The molecule has 1 aromatic carbocycles. The number of amides is 1. The molecule has 0 aliphatic carbocycles. The van der Waals surface area contributed by atoms with Gasteiger partial charge in [0.05, 0.1) is 6.04 Å². The van der Waals surface area contributed by atoms with Crippen molar-refractivity contribution in [3.05, 3.63) is 59.8 Å². The Morgan fingerprint density at radius 1 is 1.07 bits per heavy atom. The van der Waals surface area contributed by atoms with E-state index in [0.717, 1.165) is 24.5 Å². The molecular formula is C23H30N4O2. The zero-order valence-corrected chi connectivity index (χ0v) is 17.3. The Kier molecular flexibility index (Phi) is 5.56. The van der Waals surface area contributed by atoms with Crippen LogP contribution in [0.2, 0.25) is 0 Å². The fraction of sp³-hybridized carbons (Fsp3) is 0.478. The molecule has 0 radical (unpaired) electrons. The molecule has 29 heavy (non-hydrogen) atoms. The second-order valence-corrected chi connectivity index (χ2v) is 8.33. The lowest BCUT2D eigenvalue weighted by Gasteiger charge is -2.49. The molecule has 2 aliphatic rings. The van der Waals surface area contributed by atoms with Crippen LogP contribution < -0.4 is 4.90 Å². The summed E-state index contributed by atoms with van der Waals surface area (Å²) in [7, 11) is 3.47. The monoisotopic (exact) mass is 394 g/mol. The van der Waals surface area contributed by atoms with Crippen molar-refractivity contribution in [2.75, 3.05) is 45.2 Å². The predicted octanol–water partition coefficient (Wildman–Crippen LogP) is 2.35. The molecule has 3 heterocycles. The van der Waals surface area contributed by atoms with Crippen molar-refractivity contribution in [3.8, 4) is 0 Å². The van der Waals surface area contributed by atoms with Crippen molar-refractivity contribution in [2.45, 2.75) is 30.9 Å². The van der Waals surface area contributed by atoms with Gasteiger partial charge in [0.1, 0.15) is 17.1 Å². The van der Waals surface area contributed by atoms with Gasteiger partial charge in [-0.25, -0.2) is 4.98 Å². The summed E-state index contributed by atoms with van der Waals surface area (Å²) in [4.78, 5) is 23.2. The minimum Gasteiger partial charge on any atom is -0.383 e. The highest BCUT2D eigenvalue weighted by molar-refractivity contribution is 5.92. The van der Waals surface area contributed by atoms with Crippen LogP contribution in [-0.2, 0) is 5.60 Å². The number of pyridine rings is 1. The summed E-state index contributed by atoms with van der Waals surface area (Å²) in [5.41, 5.74) is 0.564. The lowest BCUT2D eigenvalue weighted by atomic mass is 9.79. The third-order valence-electron chi connectivity index (χ3n) is 6.25. The molecule has 1 N–H and O–H groups in total. The maximum Gasteiger partial charge on any atom is 0.272 e. The molecule has 6 heteroatoms. The van der Waals surface area contributed by atoms with E-state index >= 15 is 0 Å². The van der Waals surface area contributed by atoms with E-state index in [0.29, 0.717) is 25.2 Å². The van der Waals surface area contributed by atoms with Crippen LogP contribution in [0.3, 0.4) is 0 Å². The van der Waals surface area contributed by atoms with Gasteiger partial charge in [0, 0.05) is 27.2 Å². The predicted molar refractivity (Wildman–Crippen MR) is 114 cm³/mol. The zero-order chi connectivity index (χ0) is 20.4. The lowest BCUT2D eigenvalue weighted by molar-refractivity contribution is -0.0603. The molecule has 6 nitrogen and oxygen atoms in total. The second-order valence-electron chi connectivity index (χ2n) is 8.33. The van der Waals surface area contributed by atoms with Crippen LogP contribution in [0.15, 0.2) is 48.5 Å². The van der Waals surface area contributed by atoms with Crippen LogP contribution in [-0.4, -0.2) is 72.1 Å². The fourth-order valence-electron chi connectivity index (χ4n) is 4.61. The van der Waals surface area contributed by atoms with Crippen LogP contribution in [0.25, 0.3) is 0 Å². The Hall–Kier alpha value is -2.44. The molecule has 2 fully saturated rings. The van der Waals surface area contributed by atoms with Crippen molar-refractivity contribution >= 4 is 11.7 Å². The van der Waals surface area contributed by atoms with E-state index < -0.39 is 5.60 Å². The van der Waals surface area contributed by atoms with Crippen molar-refractivity contribution < 1.29 is 9.90 Å². The number of piperidine rings is 1. The number of carbonyl (C=O) groups excluding carboxylic acids is 1. The van der Waals surface area contributed by atoms with Crippen LogP contribution in [0, 0.1) is 0 Å². The largest absolute Gasteiger partial charge is 0.383 e. The SMILES string of the molecule is CN(C)C(=O)c1cccc(N2CC[C@](O)(c3ccccc3)[C@H](N3CCCC3)C2)n1. The Labute approximate surface area is 172 Å². The number of benzene rings is 1. The normalized spacial score (nSPS) is 25.2. The van der Waals surface area contributed by atoms with Gasteiger partial charge in [-0.1, -0.05) is 36.4 Å². The van der Waals surface area contributed by atoms with Gasteiger partial charge in [0.25, 0.3) is 5.91 Å². The summed E-state index contributed by atoms with van der Waals surface area (Å²) in [6.07, 6.45) is 2.98. The number of carbonyl (C=O) groups is 1. The lowest BCUT2D eigenvalue weighted by Crippen LogP contribution is -2.60. The first-order chi connectivity index (χ1) is 14.0. The maximum atomic E-state index is 12.3. The van der Waals surface area contributed by atoms with E-state index in [-0.39, 0.29) is 11.9 Å². The highest BCUT2D eigenvalue weighted by Crippen LogP contribution is 2.38. The topological polar surface area (TPSA) is 59.9 Å². The summed E-state index contributed by atoms with van der Waals surface area (Å²) < 4.78 is 0. The van der Waals surface area contributed by atoms with Crippen LogP contribution in [0.1, 0.15) is 35.3 Å². The summed E-state index contributed by atoms with van der Waals surface area (Å²) in [6.45, 7) is 3.42. The van der Waals surface area contributed by atoms with Crippen LogP contribution in [0.5, 0.6) is 0 Å². The van der Waals surface area contributed by atoms with Gasteiger partial charge in [0.2, 0.25) is 0 Å². The maximum absolute atomic E-state index is 12.3. The number of rotatable bonds is 4. The third-order valence-corrected chi connectivity index (χ3v) is 6.25. The quantitative estimate of drug-likeness (QED) is 0.863. The third kappa shape index (κ3) is 3.87. The first kappa shape index (κ1) is 19.9. The number of nitrogens with zero attached hydrogens (tertiary/aromatic N) is 4. The molecular weight excluding hydrogens is 364 g/mol. The van der Waals surface area contributed by atoms with E-state index in [2.05, 4.69) is 14.8 Å². The van der Waals surface area contributed by atoms with Gasteiger partial charge in [-0.05, 0) is 50.0 Å². The Balaban J connectivity index is 1.63. The molecule has 1 aromatic heterocycles. The number of hydrogen-bond donors (Lipinski definition) is 1. The molecule has 0 unspecified atom stereocenters. The molecule has 2 saturated heterocycles. The number of anilines is 1. The van der Waals surface area contributed by atoms with Gasteiger partial charge < -0.3 is 14.9 Å². The minimum absolute atomic E-state index is 0.00356. The summed E-state index contributed by atoms with van der Waals surface area (Å²) in [6, 6.07) is 15.7. The summed E-state index contributed by atoms with van der Waals surface area (Å²) in [5, 5.41) is 11.8. The molecule has 2 atom stereocenters. The standard InChI is InChI=1S/C23H30N4O2/c1-25(2)22(28)19-11-8-12-21(24-19)27-16-13-23(29,18-9-4-3-5-10-18)20(17-27)26-14-6-7-15-26/h3-5,8-12,20,29H,6-7,13-17H2,1-2H3/t20-,23+/m1/s1. The van der Waals surface area contributed by atoms with Gasteiger partial charge in [-0.3, -0.25) is 9.69 Å². The number of likely N-dealkylation sites (tertiary alicyclic amines) is 1. The summed E-state index contributed by atoms with van der Waals surface area (Å²) >= 11 is 0. The minimum atomic E-state index is -0.876. The van der Waals surface area contributed by atoms with Crippen LogP contribution in [0.4, 0.5) is 5.82 Å². The van der Waals surface area contributed by atoms with Crippen molar-refractivity contribution in [1.29, 1.82) is 0 Å². The van der Waals surface area contributed by atoms with Crippen molar-refractivity contribution in [3.63, 3.8) is 0 Å². The molecule has 4 rings (SSSR count). The molecule has 0 bridgehead atoms. The first-order valence-electron chi connectivity index (χ1n) is 10.4. The Morgan fingerprint density at radius 2 is 1.79 bits per heavy atom. The molecule has 0 saturated carbocycles. The van der Waals surface area contributed by atoms with Crippen molar-refractivity contribution in [2.24, 2.45) is 0 Å². The van der Waals surface area contributed by atoms with E-state index in [1.807, 2.05) is 42.5 Å². The average Bonchev–Trinajstić information content (AvgIpc) is 3.28. The molecule has 1 amide bonds. The number of hydrogen-bond acceptors (Lipinski definition) is 5. The molecule has 2 aromatic rings. The second kappa shape index (κ2) is 8.13. The Morgan fingerprint density at radius 3 is 2.48 bits per heavy atom. The van der Waals surface area contributed by atoms with Gasteiger partial charge in [0.15, 0.2) is 0 Å². The smallest absolute Gasteiger partial charge is 0.272 e. The molecule has 2 aliphatic heterocycles. The average molecular weight is 395 g/mol. The van der Waals surface area contributed by atoms with Gasteiger partial charge >= 0.3 is 0 Å². The van der Waals surface area contributed by atoms with Crippen molar-refractivity contribution in [1.82, 2.24) is 14.8 Å². The first-order valence-corrected chi connectivity index (χ1v) is 10.4. The van der Waals surface area contributed by atoms with Gasteiger partial charge in [-0.2, -0.15) is 0 Å². The molecule has 0 spiro atoms. The zero-order valence-electron chi connectivity index (χ0n) is 17.3. The van der Waals surface area contributed by atoms with E-state index in [1.54, 1.807) is 25.1 Å².